The number of aryl methyl sites for hydroxylation is 1. The van der Waals surface area contributed by atoms with Gasteiger partial charge < -0.3 is 11.5 Å². The molecule has 2 aromatic rings. The average molecular weight is 198 g/mol. The van der Waals surface area contributed by atoms with E-state index in [1.807, 2.05) is 49.4 Å². The summed E-state index contributed by atoms with van der Waals surface area (Å²) in [6.45, 7) is 1.96. The SMILES string of the molecule is Cc1ccc(-c2ccccc2)c(N)c1N. The van der Waals surface area contributed by atoms with Crippen LogP contribution in [0.4, 0.5) is 11.4 Å². The highest BCUT2D eigenvalue weighted by molar-refractivity contribution is 5.85. The number of anilines is 2. The predicted octanol–water partition coefficient (Wildman–Crippen LogP) is 2.83. The Bertz CT molecular complexity index is 475. The van der Waals surface area contributed by atoms with Gasteiger partial charge in [-0.2, -0.15) is 0 Å². The van der Waals surface area contributed by atoms with Gasteiger partial charge in [0.25, 0.3) is 0 Å². The molecule has 76 valence electrons. The maximum absolute atomic E-state index is 5.99. The van der Waals surface area contributed by atoms with Gasteiger partial charge in [0.2, 0.25) is 0 Å². The largest absolute Gasteiger partial charge is 0.397 e. The van der Waals surface area contributed by atoms with Crippen molar-refractivity contribution in [1.29, 1.82) is 0 Å². The van der Waals surface area contributed by atoms with E-state index in [0.29, 0.717) is 11.4 Å². The van der Waals surface area contributed by atoms with Gasteiger partial charge in [0, 0.05) is 5.56 Å². The smallest absolute Gasteiger partial charge is 0.0630 e. The fraction of sp³-hybridized carbons (Fsp3) is 0.0769. The van der Waals surface area contributed by atoms with Crippen LogP contribution in [0.2, 0.25) is 0 Å². The Morgan fingerprint density at radius 3 is 2.13 bits per heavy atom. The van der Waals surface area contributed by atoms with Crippen LogP contribution in [0, 0.1) is 6.92 Å². The summed E-state index contributed by atoms with van der Waals surface area (Å²) in [7, 11) is 0. The Morgan fingerprint density at radius 2 is 1.47 bits per heavy atom. The minimum atomic E-state index is 0.668. The van der Waals surface area contributed by atoms with Crippen LogP contribution in [-0.2, 0) is 0 Å². The van der Waals surface area contributed by atoms with Gasteiger partial charge in [-0.3, -0.25) is 0 Å². The molecule has 0 saturated carbocycles. The number of nitrogens with two attached hydrogens (primary N) is 2. The van der Waals surface area contributed by atoms with Gasteiger partial charge in [0.1, 0.15) is 0 Å². The molecular formula is C13H14N2. The summed E-state index contributed by atoms with van der Waals surface area (Å²) in [5, 5.41) is 0. The van der Waals surface area contributed by atoms with Crippen molar-refractivity contribution in [3.05, 3.63) is 48.0 Å². The van der Waals surface area contributed by atoms with Crippen LogP contribution in [0.1, 0.15) is 5.56 Å². The topological polar surface area (TPSA) is 52.0 Å². The van der Waals surface area contributed by atoms with Crippen molar-refractivity contribution in [2.45, 2.75) is 6.92 Å². The molecule has 0 heterocycles. The molecule has 2 rings (SSSR count). The Balaban J connectivity index is 2.60. The number of benzene rings is 2. The standard InChI is InChI=1S/C13H14N2/c1-9-7-8-11(13(15)12(9)14)10-5-3-2-4-6-10/h2-8H,14-15H2,1H3. The van der Waals surface area contributed by atoms with E-state index < -0.39 is 0 Å². The summed E-state index contributed by atoms with van der Waals surface area (Å²) in [5.74, 6) is 0. The third-order valence-electron chi connectivity index (χ3n) is 2.59. The van der Waals surface area contributed by atoms with Crippen LogP contribution in [-0.4, -0.2) is 0 Å². The molecule has 0 radical (unpaired) electrons. The van der Waals surface area contributed by atoms with E-state index in [4.69, 9.17) is 11.5 Å². The van der Waals surface area contributed by atoms with Gasteiger partial charge in [-0.25, -0.2) is 0 Å². The van der Waals surface area contributed by atoms with Gasteiger partial charge in [0.05, 0.1) is 11.4 Å². The Labute approximate surface area is 89.5 Å². The van der Waals surface area contributed by atoms with Crippen LogP contribution in [0.3, 0.4) is 0 Å². The molecule has 0 saturated heterocycles. The molecule has 0 atom stereocenters. The van der Waals surface area contributed by atoms with Crippen LogP contribution < -0.4 is 11.5 Å². The van der Waals surface area contributed by atoms with E-state index in [9.17, 15) is 0 Å². The normalized spacial score (nSPS) is 10.2. The summed E-state index contributed by atoms with van der Waals surface area (Å²) in [6, 6.07) is 14.0. The first kappa shape index (κ1) is 9.59. The second kappa shape index (κ2) is 3.65. The molecule has 0 spiro atoms. The minimum Gasteiger partial charge on any atom is -0.397 e. The molecule has 4 N–H and O–H groups in total. The summed E-state index contributed by atoms with van der Waals surface area (Å²) >= 11 is 0. The molecule has 0 bridgehead atoms. The number of rotatable bonds is 1. The summed E-state index contributed by atoms with van der Waals surface area (Å²) < 4.78 is 0. The highest BCUT2D eigenvalue weighted by Crippen LogP contribution is 2.31. The first-order valence-electron chi connectivity index (χ1n) is 4.90. The van der Waals surface area contributed by atoms with Gasteiger partial charge in [-0.15, -0.1) is 0 Å². The summed E-state index contributed by atoms with van der Waals surface area (Å²) in [4.78, 5) is 0. The van der Waals surface area contributed by atoms with Crippen LogP contribution in [0.5, 0.6) is 0 Å². The monoisotopic (exact) mass is 198 g/mol. The zero-order valence-corrected chi connectivity index (χ0v) is 8.70. The lowest BCUT2D eigenvalue weighted by Crippen LogP contribution is -1.99. The third-order valence-corrected chi connectivity index (χ3v) is 2.59. The molecule has 0 amide bonds. The molecule has 2 nitrogen and oxygen atoms in total. The number of hydrogen-bond donors (Lipinski definition) is 2. The third kappa shape index (κ3) is 1.66. The van der Waals surface area contributed by atoms with Crippen LogP contribution >= 0.6 is 0 Å². The van der Waals surface area contributed by atoms with E-state index >= 15 is 0 Å². The lowest BCUT2D eigenvalue weighted by atomic mass is 10.0. The van der Waals surface area contributed by atoms with Gasteiger partial charge in [-0.05, 0) is 18.1 Å². The zero-order chi connectivity index (χ0) is 10.8. The molecule has 2 aromatic carbocycles. The first-order chi connectivity index (χ1) is 7.20. The molecule has 0 aliphatic heterocycles. The van der Waals surface area contributed by atoms with Gasteiger partial charge in [0.15, 0.2) is 0 Å². The van der Waals surface area contributed by atoms with E-state index in [1.165, 1.54) is 0 Å². The first-order valence-corrected chi connectivity index (χ1v) is 4.90. The van der Waals surface area contributed by atoms with E-state index in [2.05, 4.69) is 0 Å². The highest BCUT2D eigenvalue weighted by atomic mass is 14.7. The molecule has 2 heteroatoms. The Kier molecular flexibility index (Phi) is 2.34. The molecule has 0 fully saturated rings. The fourth-order valence-electron chi connectivity index (χ4n) is 1.61. The van der Waals surface area contributed by atoms with Gasteiger partial charge >= 0.3 is 0 Å². The van der Waals surface area contributed by atoms with Crippen molar-refractivity contribution < 1.29 is 0 Å². The molecular weight excluding hydrogens is 184 g/mol. The highest BCUT2D eigenvalue weighted by Gasteiger charge is 2.06. The predicted molar refractivity (Wildman–Crippen MR) is 65.4 cm³/mol. The molecule has 0 aromatic heterocycles. The molecule has 15 heavy (non-hydrogen) atoms. The maximum atomic E-state index is 5.99. The second-order valence-corrected chi connectivity index (χ2v) is 3.62. The minimum absolute atomic E-state index is 0.668. The van der Waals surface area contributed by atoms with E-state index in [-0.39, 0.29) is 0 Å². The number of nitrogen functional groups attached to an aromatic ring is 2. The Hall–Kier alpha value is -1.96. The quantitative estimate of drug-likeness (QED) is 0.692. The lowest BCUT2D eigenvalue weighted by molar-refractivity contribution is 1.47. The molecule has 0 aliphatic carbocycles. The second-order valence-electron chi connectivity index (χ2n) is 3.62. The molecule has 0 aliphatic rings. The fourth-order valence-corrected chi connectivity index (χ4v) is 1.61. The molecule has 0 unspecified atom stereocenters. The van der Waals surface area contributed by atoms with Crippen molar-refractivity contribution in [3.8, 4) is 11.1 Å². The van der Waals surface area contributed by atoms with Crippen molar-refractivity contribution >= 4 is 11.4 Å². The Morgan fingerprint density at radius 1 is 0.800 bits per heavy atom. The van der Waals surface area contributed by atoms with Crippen molar-refractivity contribution in [2.75, 3.05) is 11.5 Å². The average Bonchev–Trinajstić information content (AvgIpc) is 2.27. The lowest BCUT2D eigenvalue weighted by Gasteiger charge is -2.10. The van der Waals surface area contributed by atoms with Crippen molar-refractivity contribution in [2.24, 2.45) is 0 Å². The summed E-state index contributed by atoms with van der Waals surface area (Å²) in [5.41, 5.74) is 16.3. The van der Waals surface area contributed by atoms with E-state index in [1.54, 1.807) is 0 Å². The summed E-state index contributed by atoms with van der Waals surface area (Å²) in [6.07, 6.45) is 0. The number of hydrogen-bond acceptors (Lipinski definition) is 2. The van der Waals surface area contributed by atoms with Crippen LogP contribution in [0.25, 0.3) is 11.1 Å². The van der Waals surface area contributed by atoms with Crippen LogP contribution in [0.15, 0.2) is 42.5 Å². The zero-order valence-electron chi connectivity index (χ0n) is 8.70. The van der Waals surface area contributed by atoms with E-state index in [0.717, 1.165) is 16.7 Å². The van der Waals surface area contributed by atoms with Crippen molar-refractivity contribution in [1.82, 2.24) is 0 Å². The van der Waals surface area contributed by atoms with Crippen molar-refractivity contribution in [3.63, 3.8) is 0 Å². The van der Waals surface area contributed by atoms with Gasteiger partial charge in [-0.1, -0.05) is 42.5 Å². The maximum Gasteiger partial charge on any atom is 0.0630 e.